The molecule has 0 aromatic carbocycles. The Morgan fingerprint density at radius 1 is 1.32 bits per heavy atom. The SMILES string of the molecule is CC(C)(C)OC(=O)C=C1[C@H]2CC[C@@H]3[C@H]2[C@H]1CC3(F)F. The van der Waals surface area contributed by atoms with E-state index in [2.05, 4.69) is 0 Å². The summed E-state index contributed by atoms with van der Waals surface area (Å²) in [7, 11) is 0. The second-order valence-electron chi connectivity index (χ2n) is 7.12. The van der Waals surface area contributed by atoms with Crippen molar-refractivity contribution in [3.05, 3.63) is 11.6 Å². The van der Waals surface area contributed by atoms with Gasteiger partial charge in [-0.3, -0.25) is 0 Å². The fourth-order valence-corrected chi connectivity index (χ4v) is 4.23. The van der Waals surface area contributed by atoms with Crippen molar-refractivity contribution >= 4 is 5.97 Å². The topological polar surface area (TPSA) is 26.3 Å². The highest BCUT2D eigenvalue weighted by Gasteiger charge is 2.67. The average molecular weight is 270 g/mol. The van der Waals surface area contributed by atoms with Crippen LogP contribution in [0.15, 0.2) is 11.6 Å². The molecule has 3 fully saturated rings. The standard InChI is InChI=1S/C15H20F2O2/c1-14(2,3)19-12(18)6-9-8-4-5-11-13(8)10(9)7-15(11,16)17/h6,8,10-11,13H,4-5,7H2,1-3H3/t8-,10+,11-,13-/m1/s1. The van der Waals surface area contributed by atoms with Gasteiger partial charge in [0.05, 0.1) is 0 Å². The molecule has 3 rings (SSSR count). The molecular weight excluding hydrogens is 250 g/mol. The van der Waals surface area contributed by atoms with Crippen molar-refractivity contribution in [2.24, 2.45) is 23.7 Å². The predicted molar refractivity (Wildman–Crippen MR) is 66.7 cm³/mol. The van der Waals surface area contributed by atoms with E-state index in [1.807, 2.05) is 20.8 Å². The number of halogens is 2. The van der Waals surface area contributed by atoms with Crippen molar-refractivity contribution in [1.29, 1.82) is 0 Å². The molecule has 3 aliphatic carbocycles. The van der Waals surface area contributed by atoms with Gasteiger partial charge in [0.25, 0.3) is 5.92 Å². The second kappa shape index (κ2) is 3.80. The Bertz CT molecular complexity index is 448. The molecule has 0 spiro atoms. The fraction of sp³-hybridized carbons (Fsp3) is 0.800. The molecule has 0 aromatic heterocycles. The van der Waals surface area contributed by atoms with E-state index in [1.165, 1.54) is 6.08 Å². The molecule has 3 aliphatic rings. The van der Waals surface area contributed by atoms with Crippen LogP contribution < -0.4 is 0 Å². The molecule has 0 N–H and O–H groups in total. The molecule has 4 atom stereocenters. The van der Waals surface area contributed by atoms with Gasteiger partial charge in [-0.2, -0.15) is 0 Å². The van der Waals surface area contributed by atoms with Crippen molar-refractivity contribution in [2.45, 2.75) is 51.6 Å². The van der Waals surface area contributed by atoms with Gasteiger partial charge < -0.3 is 4.74 Å². The van der Waals surface area contributed by atoms with Crippen LogP contribution in [-0.2, 0) is 9.53 Å². The third kappa shape index (κ3) is 2.00. The largest absolute Gasteiger partial charge is 0.457 e. The van der Waals surface area contributed by atoms with Gasteiger partial charge in [0.1, 0.15) is 5.60 Å². The highest BCUT2D eigenvalue weighted by Crippen LogP contribution is 2.68. The smallest absolute Gasteiger partial charge is 0.331 e. The lowest BCUT2D eigenvalue weighted by atomic mass is 9.63. The minimum Gasteiger partial charge on any atom is -0.457 e. The molecule has 106 valence electrons. The number of allylic oxidation sites excluding steroid dienone is 1. The summed E-state index contributed by atoms with van der Waals surface area (Å²) in [6.45, 7) is 5.42. The van der Waals surface area contributed by atoms with Gasteiger partial charge in [-0.25, -0.2) is 13.6 Å². The van der Waals surface area contributed by atoms with Crippen LogP contribution in [0.5, 0.6) is 0 Å². The third-order valence-electron chi connectivity index (χ3n) is 4.76. The van der Waals surface area contributed by atoms with Crippen LogP contribution in [0.3, 0.4) is 0 Å². The molecule has 0 aromatic rings. The van der Waals surface area contributed by atoms with Crippen LogP contribution in [0.1, 0.15) is 40.0 Å². The minimum atomic E-state index is -2.53. The predicted octanol–water partition coefficient (Wildman–Crippen LogP) is 3.57. The van der Waals surface area contributed by atoms with Crippen LogP contribution >= 0.6 is 0 Å². The van der Waals surface area contributed by atoms with Crippen LogP contribution in [0.4, 0.5) is 8.78 Å². The number of rotatable bonds is 1. The van der Waals surface area contributed by atoms with Gasteiger partial charge in [0, 0.05) is 18.4 Å². The van der Waals surface area contributed by atoms with Gasteiger partial charge in [-0.15, -0.1) is 0 Å². The quantitative estimate of drug-likeness (QED) is 0.538. The lowest BCUT2D eigenvalue weighted by molar-refractivity contribution is -0.148. The Kier molecular flexibility index (Phi) is 2.61. The fourth-order valence-electron chi connectivity index (χ4n) is 4.23. The van der Waals surface area contributed by atoms with Gasteiger partial charge in [-0.05, 0) is 51.4 Å². The summed E-state index contributed by atoms with van der Waals surface area (Å²) < 4.78 is 32.9. The monoisotopic (exact) mass is 270 g/mol. The molecule has 2 nitrogen and oxygen atoms in total. The summed E-state index contributed by atoms with van der Waals surface area (Å²) in [5, 5.41) is 0. The molecule has 0 bridgehead atoms. The van der Waals surface area contributed by atoms with Crippen molar-refractivity contribution < 1.29 is 18.3 Å². The molecule has 0 unspecified atom stereocenters. The van der Waals surface area contributed by atoms with E-state index >= 15 is 0 Å². The second-order valence-corrected chi connectivity index (χ2v) is 7.12. The molecule has 0 saturated heterocycles. The van der Waals surface area contributed by atoms with Crippen LogP contribution in [0.25, 0.3) is 0 Å². The van der Waals surface area contributed by atoms with E-state index < -0.39 is 17.4 Å². The average Bonchev–Trinajstić information content (AvgIpc) is 2.69. The Hall–Kier alpha value is -0.930. The summed E-state index contributed by atoms with van der Waals surface area (Å²) in [5.41, 5.74) is 0.383. The van der Waals surface area contributed by atoms with Crippen LogP contribution in [-0.4, -0.2) is 17.5 Å². The highest BCUT2D eigenvalue weighted by atomic mass is 19.3. The van der Waals surface area contributed by atoms with E-state index in [0.717, 1.165) is 12.0 Å². The summed E-state index contributed by atoms with van der Waals surface area (Å²) >= 11 is 0. The van der Waals surface area contributed by atoms with Gasteiger partial charge in [0.15, 0.2) is 0 Å². The Morgan fingerprint density at radius 3 is 2.63 bits per heavy atom. The van der Waals surface area contributed by atoms with Crippen LogP contribution in [0.2, 0.25) is 0 Å². The van der Waals surface area contributed by atoms with Gasteiger partial charge in [0.2, 0.25) is 0 Å². The molecule has 0 amide bonds. The molecule has 3 saturated carbocycles. The molecule has 19 heavy (non-hydrogen) atoms. The number of esters is 1. The maximum Gasteiger partial charge on any atom is 0.331 e. The van der Waals surface area contributed by atoms with E-state index in [-0.39, 0.29) is 30.1 Å². The number of hydrogen-bond acceptors (Lipinski definition) is 2. The Morgan fingerprint density at radius 2 is 2.00 bits per heavy atom. The molecule has 0 heterocycles. The van der Waals surface area contributed by atoms with E-state index in [9.17, 15) is 13.6 Å². The highest BCUT2D eigenvalue weighted by molar-refractivity contribution is 5.83. The first kappa shape index (κ1) is 13.1. The maximum absolute atomic E-state index is 13.8. The molecule has 4 heteroatoms. The normalized spacial score (nSPS) is 41.0. The summed E-state index contributed by atoms with van der Waals surface area (Å²) in [4.78, 5) is 11.8. The summed E-state index contributed by atoms with van der Waals surface area (Å²) in [6.07, 6.45) is 2.81. The summed E-state index contributed by atoms with van der Waals surface area (Å²) in [6, 6.07) is 0. The number of carbonyl (C=O) groups is 1. The summed E-state index contributed by atoms with van der Waals surface area (Å²) in [5.74, 6) is -3.13. The van der Waals surface area contributed by atoms with Gasteiger partial charge >= 0.3 is 5.97 Å². The van der Waals surface area contributed by atoms with Crippen LogP contribution in [0, 0.1) is 23.7 Å². The first-order valence-corrected chi connectivity index (χ1v) is 7.01. The van der Waals surface area contributed by atoms with E-state index in [4.69, 9.17) is 4.74 Å². The van der Waals surface area contributed by atoms with E-state index in [1.54, 1.807) is 0 Å². The Balaban J connectivity index is 1.77. The first-order valence-electron chi connectivity index (χ1n) is 7.01. The van der Waals surface area contributed by atoms with Crippen molar-refractivity contribution in [3.63, 3.8) is 0 Å². The van der Waals surface area contributed by atoms with E-state index in [0.29, 0.717) is 6.42 Å². The minimum absolute atomic E-state index is 0.0759. The zero-order valence-corrected chi connectivity index (χ0v) is 11.6. The third-order valence-corrected chi connectivity index (χ3v) is 4.76. The van der Waals surface area contributed by atoms with Gasteiger partial charge in [-0.1, -0.05) is 5.57 Å². The van der Waals surface area contributed by atoms with Crippen molar-refractivity contribution in [2.75, 3.05) is 0 Å². The maximum atomic E-state index is 13.8. The zero-order valence-electron chi connectivity index (χ0n) is 11.6. The van der Waals surface area contributed by atoms with Crippen molar-refractivity contribution in [3.8, 4) is 0 Å². The lowest BCUT2D eigenvalue weighted by Crippen LogP contribution is -2.35. The van der Waals surface area contributed by atoms with Crippen molar-refractivity contribution in [1.82, 2.24) is 0 Å². The molecule has 0 aliphatic heterocycles. The zero-order chi connectivity index (χ0) is 14.0. The number of ether oxygens (including phenoxy) is 1. The lowest BCUT2D eigenvalue weighted by Gasteiger charge is -2.41. The molecule has 0 radical (unpaired) electrons. The number of carbonyl (C=O) groups excluding carboxylic acids is 1. The first-order chi connectivity index (χ1) is 8.69. The Labute approximate surface area is 112 Å². The number of alkyl halides is 2. The molecular formula is C15H20F2O2. The number of hydrogen-bond donors (Lipinski definition) is 0.